The predicted octanol–water partition coefficient (Wildman–Crippen LogP) is 1.64. The Morgan fingerprint density at radius 1 is 1.11 bits per heavy atom. The summed E-state index contributed by atoms with van der Waals surface area (Å²) in [4.78, 5) is 26.6. The molecule has 0 spiro atoms. The molecule has 8 heteroatoms. The summed E-state index contributed by atoms with van der Waals surface area (Å²) in [5.74, 6) is 0.713. The van der Waals surface area contributed by atoms with Crippen molar-refractivity contribution in [1.82, 2.24) is 10.2 Å². The van der Waals surface area contributed by atoms with Crippen LogP contribution in [0.1, 0.15) is 19.4 Å². The van der Waals surface area contributed by atoms with E-state index in [0.717, 1.165) is 0 Å². The summed E-state index contributed by atoms with van der Waals surface area (Å²) >= 11 is 0. The minimum absolute atomic E-state index is 0.0662. The number of nitrogens with zero attached hydrogens (tertiary/aromatic N) is 1. The van der Waals surface area contributed by atoms with E-state index in [9.17, 15) is 9.59 Å². The molecule has 1 unspecified atom stereocenters. The fourth-order valence-corrected chi connectivity index (χ4v) is 3.02. The molecule has 0 bridgehead atoms. The van der Waals surface area contributed by atoms with E-state index in [-0.39, 0.29) is 24.3 Å². The first-order chi connectivity index (χ1) is 12.9. The molecule has 1 N–H and O–H groups in total. The van der Waals surface area contributed by atoms with E-state index < -0.39 is 6.04 Å². The molecule has 2 rings (SSSR count). The number of amides is 2. The summed E-state index contributed by atoms with van der Waals surface area (Å²) in [6.07, 6.45) is 1.62. The van der Waals surface area contributed by atoms with Crippen LogP contribution in [0.25, 0.3) is 5.70 Å². The molecule has 2 amide bonds. The number of ether oxygens (including phenoxy) is 4. The van der Waals surface area contributed by atoms with Crippen LogP contribution in [0.15, 0.2) is 18.3 Å². The molecular formula is C19H26N2O6. The van der Waals surface area contributed by atoms with Gasteiger partial charge in [0.1, 0.15) is 12.6 Å². The van der Waals surface area contributed by atoms with Crippen molar-refractivity contribution in [3.8, 4) is 17.2 Å². The van der Waals surface area contributed by atoms with Crippen LogP contribution in [-0.4, -0.2) is 57.8 Å². The smallest absolute Gasteiger partial charge is 0.253 e. The zero-order valence-corrected chi connectivity index (χ0v) is 16.5. The third-order valence-electron chi connectivity index (χ3n) is 4.26. The van der Waals surface area contributed by atoms with Gasteiger partial charge in [0, 0.05) is 18.9 Å². The Balaban J connectivity index is 2.55. The van der Waals surface area contributed by atoms with Gasteiger partial charge in [-0.15, -0.1) is 0 Å². The molecule has 1 aliphatic rings. The molecular weight excluding hydrogens is 352 g/mol. The van der Waals surface area contributed by atoms with Crippen molar-refractivity contribution in [2.45, 2.75) is 19.9 Å². The summed E-state index contributed by atoms with van der Waals surface area (Å²) in [5.41, 5.74) is 1.08. The minimum atomic E-state index is -0.613. The molecule has 0 saturated heterocycles. The van der Waals surface area contributed by atoms with Crippen molar-refractivity contribution < 1.29 is 28.5 Å². The maximum Gasteiger partial charge on any atom is 0.253 e. The molecule has 148 valence electrons. The van der Waals surface area contributed by atoms with E-state index in [1.54, 1.807) is 18.3 Å². The van der Waals surface area contributed by atoms with Crippen molar-refractivity contribution >= 4 is 17.5 Å². The number of carbonyl (C=O) groups is 2. The number of hydrogen-bond acceptors (Lipinski definition) is 6. The van der Waals surface area contributed by atoms with E-state index in [0.29, 0.717) is 28.5 Å². The highest BCUT2D eigenvalue weighted by Crippen LogP contribution is 2.40. The Kier molecular flexibility index (Phi) is 6.68. The zero-order chi connectivity index (χ0) is 20.1. The molecule has 1 aliphatic heterocycles. The van der Waals surface area contributed by atoms with Gasteiger partial charge in [-0.05, 0) is 18.1 Å². The van der Waals surface area contributed by atoms with Gasteiger partial charge in [-0.1, -0.05) is 13.8 Å². The van der Waals surface area contributed by atoms with E-state index in [1.807, 2.05) is 13.8 Å². The average Bonchev–Trinajstić information content (AvgIpc) is 2.65. The van der Waals surface area contributed by atoms with Crippen molar-refractivity contribution in [2.24, 2.45) is 5.92 Å². The fraction of sp³-hybridized carbons (Fsp3) is 0.474. The molecule has 0 aliphatic carbocycles. The van der Waals surface area contributed by atoms with Crippen LogP contribution in [0.5, 0.6) is 17.2 Å². The molecule has 27 heavy (non-hydrogen) atoms. The predicted molar refractivity (Wildman–Crippen MR) is 99.6 cm³/mol. The Bertz CT molecular complexity index is 719. The average molecular weight is 378 g/mol. The number of methoxy groups -OCH3 is 4. The molecule has 1 atom stereocenters. The Morgan fingerprint density at radius 2 is 1.70 bits per heavy atom. The van der Waals surface area contributed by atoms with Crippen molar-refractivity contribution in [3.63, 3.8) is 0 Å². The second-order valence-electron chi connectivity index (χ2n) is 6.37. The number of hydrogen-bond donors (Lipinski definition) is 1. The summed E-state index contributed by atoms with van der Waals surface area (Å²) < 4.78 is 21.0. The lowest BCUT2D eigenvalue weighted by Gasteiger charge is -2.35. The first-order valence-corrected chi connectivity index (χ1v) is 8.51. The van der Waals surface area contributed by atoms with Crippen LogP contribution in [0.2, 0.25) is 0 Å². The van der Waals surface area contributed by atoms with Gasteiger partial charge in [0.2, 0.25) is 11.7 Å². The molecule has 0 aromatic heterocycles. The summed E-state index contributed by atoms with van der Waals surface area (Å²) in [7, 11) is 5.98. The van der Waals surface area contributed by atoms with Crippen molar-refractivity contribution in [2.75, 3.05) is 35.0 Å². The van der Waals surface area contributed by atoms with Gasteiger partial charge >= 0.3 is 0 Å². The summed E-state index contributed by atoms with van der Waals surface area (Å²) in [6.45, 7) is 3.65. The Morgan fingerprint density at radius 3 is 2.15 bits per heavy atom. The summed E-state index contributed by atoms with van der Waals surface area (Å²) in [5, 5.41) is 2.87. The number of nitrogens with one attached hydrogen (secondary N) is 1. The highest BCUT2D eigenvalue weighted by molar-refractivity contribution is 5.97. The topological polar surface area (TPSA) is 86.3 Å². The van der Waals surface area contributed by atoms with E-state index in [2.05, 4.69) is 5.32 Å². The standard InChI is InChI=1S/C19H26N2O6/c1-11(2)17-19(23)20-13(9-21(17)16(22)10-24-3)12-7-14(25-4)18(27-6)15(8-12)26-5/h7-9,11,17H,10H2,1-6H3,(H,20,23). The van der Waals surface area contributed by atoms with Crippen molar-refractivity contribution in [1.29, 1.82) is 0 Å². The normalized spacial score (nSPS) is 16.7. The van der Waals surface area contributed by atoms with E-state index >= 15 is 0 Å². The van der Waals surface area contributed by atoms with Gasteiger partial charge in [-0.2, -0.15) is 0 Å². The first-order valence-electron chi connectivity index (χ1n) is 8.51. The van der Waals surface area contributed by atoms with Crippen molar-refractivity contribution in [3.05, 3.63) is 23.9 Å². The van der Waals surface area contributed by atoms with Crippen LogP contribution < -0.4 is 19.5 Å². The Hall–Kier alpha value is -2.74. The highest BCUT2D eigenvalue weighted by atomic mass is 16.5. The molecule has 8 nitrogen and oxygen atoms in total. The second-order valence-corrected chi connectivity index (χ2v) is 6.37. The molecule has 1 aromatic rings. The van der Waals surface area contributed by atoms with Gasteiger partial charge in [0.25, 0.3) is 5.91 Å². The van der Waals surface area contributed by atoms with Gasteiger partial charge in [-0.25, -0.2) is 0 Å². The summed E-state index contributed by atoms with van der Waals surface area (Å²) in [6, 6.07) is 2.81. The Labute approximate surface area is 159 Å². The van der Waals surface area contributed by atoms with Gasteiger partial charge in [-0.3, -0.25) is 9.59 Å². The van der Waals surface area contributed by atoms with Gasteiger partial charge in [0.05, 0.1) is 27.0 Å². The molecule has 1 heterocycles. The SMILES string of the molecule is COCC(=O)N1C=C(c2cc(OC)c(OC)c(OC)c2)NC(=O)C1C(C)C. The third kappa shape index (κ3) is 4.16. The highest BCUT2D eigenvalue weighted by Gasteiger charge is 2.36. The van der Waals surface area contributed by atoms with E-state index in [1.165, 1.54) is 33.3 Å². The minimum Gasteiger partial charge on any atom is -0.493 e. The van der Waals surface area contributed by atoms with Crippen LogP contribution in [0.4, 0.5) is 0 Å². The lowest BCUT2D eigenvalue weighted by atomic mass is 9.98. The lowest BCUT2D eigenvalue weighted by molar-refractivity contribution is -0.141. The monoisotopic (exact) mass is 378 g/mol. The number of carbonyl (C=O) groups excluding carboxylic acids is 2. The first kappa shape index (κ1) is 20.6. The largest absolute Gasteiger partial charge is 0.493 e. The lowest BCUT2D eigenvalue weighted by Crippen LogP contribution is -2.53. The maximum absolute atomic E-state index is 12.7. The second kappa shape index (κ2) is 8.77. The molecule has 0 radical (unpaired) electrons. The molecule has 0 saturated carbocycles. The van der Waals surface area contributed by atoms with Gasteiger partial charge in [0.15, 0.2) is 11.5 Å². The number of benzene rings is 1. The fourth-order valence-electron chi connectivity index (χ4n) is 3.02. The quantitative estimate of drug-likeness (QED) is 0.776. The number of rotatable bonds is 7. The zero-order valence-electron chi connectivity index (χ0n) is 16.5. The molecule has 1 aromatic carbocycles. The van der Waals surface area contributed by atoms with Crippen LogP contribution in [0, 0.1) is 5.92 Å². The van der Waals surface area contributed by atoms with Crippen LogP contribution in [0.3, 0.4) is 0 Å². The van der Waals surface area contributed by atoms with Crippen LogP contribution in [-0.2, 0) is 14.3 Å². The maximum atomic E-state index is 12.7. The van der Waals surface area contributed by atoms with E-state index in [4.69, 9.17) is 18.9 Å². The van der Waals surface area contributed by atoms with Crippen LogP contribution >= 0.6 is 0 Å². The van der Waals surface area contributed by atoms with Gasteiger partial charge < -0.3 is 29.2 Å². The third-order valence-corrected chi connectivity index (χ3v) is 4.26. The molecule has 0 fully saturated rings.